The molecular weight excluding hydrogens is 338 g/mol. The van der Waals surface area contributed by atoms with Crippen LogP contribution in [0.2, 0.25) is 0 Å². The number of carbonyl (C=O) groups excluding carboxylic acids is 2. The van der Waals surface area contributed by atoms with Gasteiger partial charge in [0, 0.05) is 11.5 Å². The molecule has 0 radical (unpaired) electrons. The van der Waals surface area contributed by atoms with E-state index in [0.717, 1.165) is 27.8 Å². The highest BCUT2D eigenvalue weighted by Gasteiger charge is 2.64. The molecule has 1 amide bonds. The van der Waals surface area contributed by atoms with Gasteiger partial charge in [0.1, 0.15) is 5.60 Å². The fraction of sp³-hybridized carbons (Fsp3) is 0.391. The van der Waals surface area contributed by atoms with Gasteiger partial charge in [-0.1, -0.05) is 48.0 Å². The summed E-state index contributed by atoms with van der Waals surface area (Å²) in [6.07, 6.45) is -0.329. The molecule has 4 nitrogen and oxygen atoms in total. The minimum atomic E-state index is -0.571. The summed E-state index contributed by atoms with van der Waals surface area (Å²) < 4.78 is 5.72. The van der Waals surface area contributed by atoms with Gasteiger partial charge in [0.15, 0.2) is 5.78 Å². The lowest BCUT2D eigenvalue weighted by Crippen LogP contribution is -2.36. The van der Waals surface area contributed by atoms with Crippen molar-refractivity contribution in [2.75, 3.05) is 0 Å². The number of hydrogen-bond acceptors (Lipinski definition) is 3. The molecular formula is C23H23NO3. The third-order valence-electron chi connectivity index (χ3n) is 6.04. The zero-order chi connectivity index (χ0) is 19.1. The second kappa shape index (κ2) is 5.22. The van der Waals surface area contributed by atoms with Gasteiger partial charge < -0.3 is 4.74 Å². The maximum atomic E-state index is 13.3. The van der Waals surface area contributed by atoms with E-state index in [2.05, 4.69) is 18.2 Å². The summed E-state index contributed by atoms with van der Waals surface area (Å²) in [6, 6.07) is 13.8. The first kappa shape index (κ1) is 16.5. The summed E-state index contributed by atoms with van der Waals surface area (Å²) in [5.74, 6) is -0.0420. The molecule has 0 N–H and O–H groups in total. The van der Waals surface area contributed by atoms with E-state index >= 15 is 0 Å². The first-order chi connectivity index (χ1) is 12.8. The van der Waals surface area contributed by atoms with Crippen LogP contribution in [0.25, 0.3) is 0 Å². The van der Waals surface area contributed by atoms with E-state index in [-0.39, 0.29) is 35.8 Å². The zero-order valence-electron chi connectivity index (χ0n) is 16.0. The number of hydrogen-bond donors (Lipinski definition) is 0. The Morgan fingerprint density at radius 1 is 0.963 bits per heavy atom. The number of benzene rings is 2. The number of nitrogens with zero attached hydrogens (tertiary/aromatic N) is 1. The van der Waals surface area contributed by atoms with Crippen molar-refractivity contribution in [3.05, 3.63) is 70.3 Å². The molecule has 0 saturated carbocycles. The van der Waals surface area contributed by atoms with Gasteiger partial charge in [-0.25, -0.2) is 4.79 Å². The van der Waals surface area contributed by atoms with Crippen LogP contribution >= 0.6 is 0 Å². The number of ketones is 1. The maximum Gasteiger partial charge on any atom is 0.411 e. The lowest BCUT2D eigenvalue weighted by Gasteiger charge is -2.29. The Morgan fingerprint density at radius 2 is 1.59 bits per heavy atom. The number of rotatable bonds is 0. The molecule has 27 heavy (non-hydrogen) atoms. The van der Waals surface area contributed by atoms with E-state index in [9.17, 15) is 9.59 Å². The van der Waals surface area contributed by atoms with Crippen molar-refractivity contribution < 1.29 is 14.3 Å². The molecule has 2 aliphatic heterocycles. The van der Waals surface area contributed by atoms with E-state index in [0.29, 0.717) is 0 Å². The number of fused-ring (bicyclic) bond motifs is 10. The quantitative estimate of drug-likeness (QED) is 0.668. The summed E-state index contributed by atoms with van der Waals surface area (Å²) in [5.41, 5.74) is 4.72. The average Bonchev–Trinajstić information content (AvgIpc) is 3.20. The molecule has 1 saturated heterocycles. The van der Waals surface area contributed by atoms with Crippen LogP contribution in [0.4, 0.5) is 4.79 Å². The Morgan fingerprint density at radius 3 is 2.22 bits per heavy atom. The zero-order valence-corrected chi connectivity index (χ0v) is 16.0. The molecule has 2 heterocycles. The van der Waals surface area contributed by atoms with Crippen LogP contribution in [0, 0.1) is 12.8 Å². The van der Waals surface area contributed by atoms with Crippen LogP contribution in [-0.4, -0.2) is 22.4 Å². The van der Waals surface area contributed by atoms with Gasteiger partial charge >= 0.3 is 6.09 Å². The number of aryl methyl sites for hydroxylation is 1. The van der Waals surface area contributed by atoms with Crippen molar-refractivity contribution in [1.82, 2.24) is 4.90 Å². The first-order valence-corrected chi connectivity index (χ1v) is 9.53. The molecule has 2 aromatic rings. The Labute approximate surface area is 159 Å². The Kier molecular flexibility index (Phi) is 3.20. The second-order valence-electron chi connectivity index (χ2n) is 8.91. The minimum Gasteiger partial charge on any atom is -0.444 e. The Bertz CT molecular complexity index is 987. The molecule has 2 bridgehead atoms. The molecule has 2 aromatic carbocycles. The van der Waals surface area contributed by atoms with Gasteiger partial charge in [0.25, 0.3) is 0 Å². The molecule has 1 aliphatic carbocycles. The van der Waals surface area contributed by atoms with Gasteiger partial charge in [-0.3, -0.25) is 9.69 Å². The van der Waals surface area contributed by atoms with Crippen molar-refractivity contribution >= 4 is 11.9 Å². The van der Waals surface area contributed by atoms with E-state index < -0.39 is 5.60 Å². The van der Waals surface area contributed by atoms with Crippen molar-refractivity contribution in [2.24, 2.45) is 5.92 Å². The van der Waals surface area contributed by atoms with Gasteiger partial charge in [-0.2, -0.15) is 0 Å². The molecule has 4 heteroatoms. The molecule has 4 atom stereocenters. The molecule has 3 aliphatic rings. The Hall–Kier alpha value is -2.62. The average molecular weight is 361 g/mol. The van der Waals surface area contributed by atoms with Crippen molar-refractivity contribution in [3.63, 3.8) is 0 Å². The Balaban J connectivity index is 1.67. The summed E-state index contributed by atoms with van der Waals surface area (Å²) in [7, 11) is 0. The highest BCUT2D eigenvalue weighted by Crippen LogP contribution is 2.66. The van der Waals surface area contributed by atoms with Crippen molar-refractivity contribution in [2.45, 2.75) is 51.3 Å². The molecule has 0 spiro atoms. The summed E-state index contributed by atoms with van der Waals surface area (Å²) in [5, 5.41) is 0. The van der Waals surface area contributed by atoms with Crippen LogP contribution in [-0.2, 0) is 4.74 Å². The second-order valence-corrected chi connectivity index (χ2v) is 8.91. The first-order valence-electron chi connectivity index (χ1n) is 9.53. The van der Waals surface area contributed by atoms with Crippen LogP contribution in [0.15, 0.2) is 42.5 Å². The number of Topliss-reactive ketones (excluding diaryl/α,β-unsaturated/α-hetero) is 1. The van der Waals surface area contributed by atoms with Gasteiger partial charge in [-0.05, 0) is 44.4 Å². The van der Waals surface area contributed by atoms with E-state index in [4.69, 9.17) is 4.74 Å². The number of amides is 1. The summed E-state index contributed by atoms with van der Waals surface area (Å²) in [6.45, 7) is 7.67. The van der Waals surface area contributed by atoms with Crippen LogP contribution in [0.3, 0.4) is 0 Å². The maximum absolute atomic E-state index is 13.3. The van der Waals surface area contributed by atoms with Gasteiger partial charge in [0.05, 0.1) is 18.0 Å². The van der Waals surface area contributed by atoms with Crippen molar-refractivity contribution in [1.29, 1.82) is 0 Å². The van der Waals surface area contributed by atoms with Gasteiger partial charge in [0.2, 0.25) is 0 Å². The van der Waals surface area contributed by atoms with Gasteiger partial charge in [-0.15, -0.1) is 0 Å². The van der Waals surface area contributed by atoms with E-state index in [1.165, 1.54) is 0 Å². The topological polar surface area (TPSA) is 46.6 Å². The molecule has 0 unspecified atom stereocenters. The predicted molar refractivity (Wildman–Crippen MR) is 102 cm³/mol. The molecule has 138 valence electrons. The normalized spacial score (nSPS) is 27.4. The van der Waals surface area contributed by atoms with E-state index in [1.807, 2.05) is 56.9 Å². The smallest absolute Gasteiger partial charge is 0.411 e. The largest absolute Gasteiger partial charge is 0.444 e. The van der Waals surface area contributed by atoms with Crippen LogP contribution < -0.4 is 0 Å². The monoisotopic (exact) mass is 361 g/mol. The van der Waals surface area contributed by atoms with Crippen molar-refractivity contribution in [3.8, 4) is 0 Å². The highest BCUT2D eigenvalue weighted by molar-refractivity contribution is 6.05. The lowest BCUT2D eigenvalue weighted by atomic mass is 9.76. The fourth-order valence-electron chi connectivity index (χ4n) is 5.22. The van der Waals surface area contributed by atoms with E-state index in [1.54, 1.807) is 0 Å². The summed E-state index contributed by atoms with van der Waals surface area (Å²) >= 11 is 0. The summed E-state index contributed by atoms with van der Waals surface area (Å²) in [4.78, 5) is 28.2. The third-order valence-corrected chi connectivity index (χ3v) is 6.04. The SMILES string of the molecule is Cc1ccc2c(c1)[C@H]1[C@@H](C2=O)[C@@H]2c3ccccc3[C@H]1N2C(=O)OC(C)(C)C. The fourth-order valence-corrected chi connectivity index (χ4v) is 5.22. The molecule has 1 fully saturated rings. The molecule has 0 aromatic heterocycles. The number of ether oxygens (including phenoxy) is 1. The molecule has 5 rings (SSSR count). The lowest BCUT2D eigenvalue weighted by molar-refractivity contribution is 0.0161. The standard InChI is InChI=1S/C23H23NO3/c1-12-9-10-15-16(11-12)17-18(21(15)25)20-14-8-6-5-7-13(14)19(17)24(20)22(26)27-23(2,3)4/h5-11,17-20H,1-4H3/t17-,18+,19+,20-/m0/s1. The minimum absolute atomic E-state index is 0.0137. The highest BCUT2D eigenvalue weighted by atomic mass is 16.6. The van der Waals surface area contributed by atoms with Crippen LogP contribution in [0.5, 0.6) is 0 Å². The van der Waals surface area contributed by atoms with Crippen LogP contribution in [0.1, 0.15) is 71.4 Å². The number of carbonyl (C=O) groups is 2. The predicted octanol–water partition coefficient (Wildman–Crippen LogP) is 4.94. The third kappa shape index (κ3) is 2.16.